The zero-order chi connectivity index (χ0) is 14.6. The van der Waals surface area contributed by atoms with Gasteiger partial charge in [-0.25, -0.2) is 0 Å². The molecular formula is C16H26ClNO3. The van der Waals surface area contributed by atoms with E-state index in [4.69, 9.17) is 10.5 Å². The van der Waals surface area contributed by atoms with Gasteiger partial charge in [0.2, 0.25) is 0 Å². The average molecular weight is 316 g/mol. The van der Waals surface area contributed by atoms with E-state index in [0.29, 0.717) is 12.8 Å². The van der Waals surface area contributed by atoms with Crippen LogP contribution in [-0.4, -0.2) is 26.2 Å². The summed E-state index contributed by atoms with van der Waals surface area (Å²) in [5.74, 6) is 0.702. The quantitative estimate of drug-likeness (QED) is 0.532. The molecule has 0 atom stereocenters. The Kier molecular flexibility index (Phi) is 11.7. The van der Waals surface area contributed by atoms with Crippen LogP contribution in [0.1, 0.15) is 37.7 Å². The molecule has 0 unspecified atom stereocenters. The molecule has 0 saturated carbocycles. The van der Waals surface area contributed by atoms with Crippen LogP contribution in [0.5, 0.6) is 5.75 Å². The van der Waals surface area contributed by atoms with Crippen molar-refractivity contribution in [2.24, 2.45) is 5.73 Å². The van der Waals surface area contributed by atoms with Gasteiger partial charge in [-0.15, -0.1) is 12.4 Å². The normalized spacial score (nSPS) is 9.81. The molecule has 0 radical (unpaired) electrons. The lowest BCUT2D eigenvalue weighted by Crippen LogP contribution is -2.02. The number of methoxy groups -OCH3 is 1. The molecule has 4 nitrogen and oxygen atoms in total. The van der Waals surface area contributed by atoms with Crippen molar-refractivity contribution >= 4 is 18.4 Å². The van der Waals surface area contributed by atoms with Crippen molar-refractivity contribution in [1.82, 2.24) is 0 Å². The first-order valence-corrected chi connectivity index (χ1v) is 7.25. The Morgan fingerprint density at radius 1 is 1.10 bits per heavy atom. The number of unbranched alkanes of at least 4 members (excludes halogenated alkanes) is 3. The van der Waals surface area contributed by atoms with Gasteiger partial charge in [0, 0.05) is 6.42 Å². The summed E-state index contributed by atoms with van der Waals surface area (Å²) < 4.78 is 10.3. The van der Waals surface area contributed by atoms with Crippen LogP contribution in [0.2, 0.25) is 0 Å². The first-order chi connectivity index (χ1) is 9.76. The van der Waals surface area contributed by atoms with E-state index in [1.807, 2.05) is 24.3 Å². The Hall–Kier alpha value is -1.26. The highest BCUT2D eigenvalue weighted by Crippen LogP contribution is 2.14. The third kappa shape index (κ3) is 9.32. The van der Waals surface area contributed by atoms with Crippen molar-refractivity contribution in [3.05, 3.63) is 29.8 Å². The van der Waals surface area contributed by atoms with Crippen LogP contribution < -0.4 is 10.5 Å². The van der Waals surface area contributed by atoms with E-state index in [-0.39, 0.29) is 18.4 Å². The molecule has 0 aliphatic heterocycles. The smallest absolute Gasteiger partial charge is 0.305 e. The minimum Gasteiger partial charge on any atom is -0.494 e. The summed E-state index contributed by atoms with van der Waals surface area (Å²) in [6.07, 6.45) is 5.60. The molecule has 0 spiro atoms. The number of carbonyl (C=O) groups is 1. The van der Waals surface area contributed by atoms with Crippen molar-refractivity contribution < 1.29 is 14.3 Å². The fourth-order valence-electron chi connectivity index (χ4n) is 1.89. The highest BCUT2D eigenvalue weighted by Gasteiger charge is 2.01. The Labute approximate surface area is 133 Å². The summed E-state index contributed by atoms with van der Waals surface area (Å²) in [5, 5.41) is 0. The molecule has 5 heteroatoms. The zero-order valence-corrected chi connectivity index (χ0v) is 13.5. The maximum Gasteiger partial charge on any atom is 0.305 e. The summed E-state index contributed by atoms with van der Waals surface area (Å²) in [5.41, 5.74) is 6.56. The second-order valence-corrected chi connectivity index (χ2v) is 4.77. The second-order valence-electron chi connectivity index (χ2n) is 4.77. The molecule has 1 aromatic rings. The molecule has 0 heterocycles. The van der Waals surface area contributed by atoms with E-state index < -0.39 is 0 Å². The Bertz CT molecular complexity index is 382. The van der Waals surface area contributed by atoms with Gasteiger partial charge in [-0.2, -0.15) is 0 Å². The van der Waals surface area contributed by atoms with Crippen LogP contribution in [0.25, 0.3) is 0 Å². The van der Waals surface area contributed by atoms with Crippen molar-refractivity contribution in [3.63, 3.8) is 0 Å². The van der Waals surface area contributed by atoms with Crippen molar-refractivity contribution in [2.45, 2.75) is 38.5 Å². The monoisotopic (exact) mass is 315 g/mol. The number of carbonyl (C=O) groups excluding carboxylic acids is 1. The van der Waals surface area contributed by atoms with Gasteiger partial charge >= 0.3 is 5.97 Å². The largest absolute Gasteiger partial charge is 0.494 e. The van der Waals surface area contributed by atoms with E-state index in [9.17, 15) is 4.79 Å². The molecule has 0 aliphatic carbocycles. The Morgan fingerprint density at radius 2 is 1.76 bits per heavy atom. The maximum atomic E-state index is 11.0. The minimum atomic E-state index is -0.178. The number of benzene rings is 1. The SMILES string of the molecule is COC(=O)CCc1ccc(OCCCCCCN)cc1.Cl. The maximum absolute atomic E-state index is 11.0. The van der Waals surface area contributed by atoms with Gasteiger partial charge in [0.1, 0.15) is 5.75 Å². The molecule has 0 fully saturated rings. The van der Waals surface area contributed by atoms with Gasteiger partial charge in [-0.3, -0.25) is 4.79 Å². The average Bonchev–Trinajstić information content (AvgIpc) is 2.49. The summed E-state index contributed by atoms with van der Waals surface area (Å²) in [7, 11) is 1.41. The lowest BCUT2D eigenvalue weighted by molar-refractivity contribution is -0.140. The lowest BCUT2D eigenvalue weighted by Gasteiger charge is -2.07. The van der Waals surface area contributed by atoms with Crippen LogP contribution in [0.3, 0.4) is 0 Å². The van der Waals surface area contributed by atoms with Crippen LogP contribution in [-0.2, 0) is 16.0 Å². The van der Waals surface area contributed by atoms with E-state index in [1.54, 1.807) is 0 Å². The highest BCUT2D eigenvalue weighted by molar-refractivity contribution is 5.85. The highest BCUT2D eigenvalue weighted by atomic mass is 35.5. The minimum absolute atomic E-state index is 0. The number of esters is 1. The molecule has 0 bridgehead atoms. The number of rotatable bonds is 10. The topological polar surface area (TPSA) is 61.5 Å². The van der Waals surface area contributed by atoms with Gasteiger partial charge in [0.05, 0.1) is 13.7 Å². The predicted octanol–water partition coefficient (Wildman–Crippen LogP) is 3.11. The molecule has 0 amide bonds. The summed E-state index contributed by atoms with van der Waals surface area (Å²) in [6.45, 7) is 1.51. The van der Waals surface area contributed by atoms with Crippen LogP contribution in [0.4, 0.5) is 0 Å². The lowest BCUT2D eigenvalue weighted by atomic mass is 10.1. The molecule has 0 aliphatic rings. The summed E-state index contributed by atoms with van der Waals surface area (Å²) in [4.78, 5) is 11.0. The molecule has 0 aromatic heterocycles. The molecule has 1 aromatic carbocycles. The van der Waals surface area contributed by atoms with Gasteiger partial charge in [0.25, 0.3) is 0 Å². The van der Waals surface area contributed by atoms with E-state index >= 15 is 0 Å². The molecule has 2 N–H and O–H groups in total. The second kappa shape index (κ2) is 12.5. The van der Waals surface area contributed by atoms with Gasteiger partial charge in [-0.05, 0) is 43.5 Å². The zero-order valence-electron chi connectivity index (χ0n) is 12.7. The van der Waals surface area contributed by atoms with Gasteiger partial charge in [-0.1, -0.05) is 25.0 Å². The number of halogens is 1. The van der Waals surface area contributed by atoms with Crippen LogP contribution in [0.15, 0.2) is 24.3 Å². The standard InChI is InChI=1S/C16H25NO3.ClH/c1-19-16(18)11-8-14-6-9-15(10-7-14)20-13-5-3-2-4-12-17;/h6-7,9-10H,2-5,8,11-13,17H2,1H3;1H. The molecular weight excluding hydrogens is 290 g/mol. The van der Waals surface area contributed by atoms with Crippen LogP contribution >= 0.6 is 12.4 Å². The van der Waals surface area contributed by atoms with Crippen LogP contribution in [0, 0.1) is 0 Å². The van der Waals surface area contributed by atoms with Crippen molar-refractivity contribution in [3.8, 4) is 5.75 Å². The number of aryl methyl sites for hydroxylation is 1. The van der Waals surface area contributed by atoms with Crippen molar-refractivity contribution in [1.29, 1.82) is 0 Å². The number of hydrogen-bond acceptors (Lipinski definition) is 4. The first kappa shape index (κ1) is 19.7. The van der Waals surface area contributed by atoms with Gasteiger partial charge < -0.3 is 15.2 Å². The fourth-order valence-corrected chi connectivity index (χ4v) is 1.89. The Morgan fingerprint density at radius 3 is 2.38 bits per heavy atom. The first-order valence-electron chi connectivity index (χ1n) is 7.25. The number of nitrogens with two attached hydrogens (primary N) is 1. The third-order valence-electron chi connectivity index (χ3n) is 3.14. The molecule has 1 rings (SSSR count). The van der Waals surface area contributed by atoms with E-state index in [0.717, 1.165) is 43.7 Å². The Balaban J connectivity index is 0.00000400. The predicted molar refractivity (Wildman–Crippen MR) is 87.0 cm³/mol. The molecule has 21 heavy (non-hydrogen) atoms. The van der Waals surface area contributed by atoms with E-state index in [1.165, 1.54) is 13.5 Å². The number of ether oxygens (including phenoxy) is 2. The third-order valence-corrected chi connectivity index (χ3v) is 3.14. The molecule has 120 valence electrons. The molecule has 0 saturated heterocycles. The van der Waals surface area contributed by atoms with Crippen molar-refractivity contribution in [2.75, 3.05) is 20.3 Å². The van der Waals surface area contributed by atoms with Gasteiger partial charge in [0.15, 0.2) is 0 Å². The van der Waals surface area contributed by atoms with E-state index in [2.05, 4.69) is 4.74 Å². The summed E-state index contributed by atoms with van der Waals surface area (Å²) >= 11 is 0. The summed E-state index contributed by atoms with van der Waals surface area (Å²) in [6, 6.07) is 7.89. The fraction of sp³-hybridized carbons (Fsp3) is 0.562. The number of hydrogen-bond donors (Lipinski definition) is 1.